The molecule has 0 fully saturated rings. The number of furan rings is 1. The number of rotatable bonds is 3. The summed E-state index contributed by atoms with van der Waals surface area (Å²) < 4.78 is 5.37. The minimum absolute atomic E-state index is 0.0362. The summed E-state index contributed by atoms with van der Waals surface area (Å²) in [6.07, 6.45) is 0.816. The van der Waals surface area contributed by atoms with Crippen LogP contribution in [0.15, 0.2) is 33.4 Å². The zero-order valence-corrected chi connectivity index (χ0v) is 8.64. The molecule has 0 aliphatic heterocycles. The highest BCUT2D eigenvalue weighted by Gasteiger charge is 2.13. The van der Waals surface area contributed by atoms with E-state index in [0.717, 1.165) is 12.2 Å². The molecule has 2 aromatic heterocycles. The van der Waals surface area contributed by atoms with Crippen LogP contribution in [0.25, 0.3) is 0 Å². The van der Waals surface area contributed by atoms with E-state index in [0.29, 0.717) is 11.3 Å². The third-order valence-electron chi connectivity index (χ3n) is 2.02. The molecular formula is C11H10O2S. The lowest BCUT2D eigenvalue weighted by Gasteiger charge is -1.92. The molecule has 0 N–H and O–H groups in total. The second-order valence-electron chi connectivity index (χ2n) is 2.96. The third kappa shape index (κ3) is 1.63. The van der Waals surface area contributed by atoms with E-state index in [9.17, 15) is 4.79 Å². The van der Waals surface area contributed by atoms with Gasteiger partial charge in [0, 0.05) is 17.4 Å². The van der Waals surface area contributed by atoms with Crippen LogP contribution >= 0.6 is 11.3 Å². The molecule has 0 unspecified atom stereocenters. The van der Waals surface area contributed by atoms with Crippen molar-refractivity contribution in [3.63, 3.8) is 0 Å². The smallest absolute Gasteiger partial charge is 0.229 e. The summed E-state index contributed by atoms with van der Waals surface area (Å²) in [7, 11) is 0. The van der Waals surface area contributed by atoms with Crippen molar-refractivity contribution in [3.05, 3.63) is 46.0 Å². The highest BCUT2D eigenvalue weighted by atomic mass is 32.1. The molecule has 14 heavy (non-hydrogen) atoms. The van der Waals surface area contributed by atoms with Gasteiger partial charge in [0.05, 0.1) is 0 Å². The lowest BCUT2D eigenvalue weighted by Crippen LogP contribution is -1.96. The average Bonchev–Trinajstić information content (AvgIpc) is 2.88. The number of hydrogen-bond acceptors (Lipinski definition) is 3. The van der Waals surface area contributed by atoms with Crippen LogP contribution in [0.3, 0.4) is 0 Å². The maximum absolute atomic E-state index is 11.7. The first-order valence-corrected chi connectivity index (χ1v) is 5.41. The molecule has 2 nitrogen and oxygen atoms in total. The number of carbonyl (C=O) groups excluding carboxylic acids is 1. The van der Waals surface area contributed by atoms with Gasteiger partial charge in [-0.1, -0.05) is 6.92 Å². The predicted octanol–water partition coefficient (Wildman–Crippen LogP) is 3.13. The standard InChI is InChI=1S/C11H10O2S/c1-2-9-3-4-10(13-9)11(12)8-5-6-14-7-8/h3-7H,2H2,1H3. The van der Waals surface area contributed by atoms with Crippen LogP contribution in [0.5, 0.6) is 0 Å². The van der Waals surface area contributed by atoms with Gasteiger partial charge in [0.2, 0.25) is 5.78 Å². The number of aryl methyl sites for hydroxylation is 1. The van der Waals surface area contributed by atoms with Crippen molar-refractivity contribution in [3.8, 4) is 0 Å². The maximum Gasteiger partial charge on any atom is 0.229 e. The minimum Gasteiger partial charge on any atom is -0.458 e. The highest BCUT2D eigenvalue weighted by Crippen LogP contribution is 2.15. The van der Waals surface area contributed by atoms with E-state index in [1.54, 1.807) is 12.1 Å². The Bertz CT molecular complexity index is 426. The minimum atomic E-state index is -0.0362. The predicted molar refractivity (Wildman–Crippen MR) is 55.8 cm³/mol. The first kappa shape index (κ1) is 9.21. The Morgan fingerprint density at radius 3 is 2.86 bits per heavy atom. The van der Waals surface area contributed by atoms with Crippen LogP contribution in [-0.4, -0.2) is 5.78 Å². The molecule has 72 valence electrons. The molecule has 2 rings (SSSR count). The van der Waals surface area contributed by atoms with Gasteiger partial charge >= 0.3 is 0 Å². The van der Waals surface area contributed by atoms with Crippen LogP contribution in [0, 0.1) is 0 Å². The summed E-state index contributed by atoms with van der Waals surface area (Å²) in [6, 6.07) is 5.39. The molecule has 0 radical (unpaired) electrons. The molecule has 0 aliphatic carbocycles. The number of thiophene rings is 1. The molecule has 0 saturated heterocycles. The summed E-state index contributed by atoms with van der Waals surface area (Å²) in [5.74, 6) is 1.25. The summed E-state index contributed by atoms with van der Waals surface area (Å²) in [5, 5.41) is 3.72. The molecule has 0 amide bonds. The van der Waals surface area contributed by atoms with Crippen molar-refractivity contribution >= 4 is 17.1 Å². The Labute approximate surface area is 86.2 Å². The van der Waals surface area contributed by atoms with Crippen molar-refractivity contribution < 1.29 is 9.21 Å². The molecular weight excluding hydrogens is 196 g/mol. The van der Waals surface area contributed by atoms with Gasteiger partial charge in [-0.2, -0.15) is 11.3 Å². The Balaban J connectivity index is 2.28. The van der Waals surface area contributed by atoms with Crippen molar-refractivity contribution in [1.82, 2.24) is 0 Å². The van der Waals surface area contributed by atoms with Gasteiger partial charge in [0.25, 0.3) is 0 Å². The molecule has 2 heterocycles. The van der Waals surface area contributed by atoms with E-state index in [1.807, 2.05) is 23.8 Å². The molecule has 0 spiro atoms. The Kier molecular flexibility index (Phi) is 2.50. The SMILES string of the molecule is CCc1ccc(C(=O)c2ccsc2)o1. The Morgan fingerprint density at radius 1 is 1.43 bits per heavy atom. The molecule has 0 aromatic carbocycles. The maximum atomic E-state index is 11.7. The van der Waals surface area contributed by atoms with Crippen LogP contribution in [-0.2, 0) is 6.42 Å². The summed E-state index contributed by atoms with van der Waals surface area (Å²) >= 11 is 1.51. The lowest BCUT2D eigenvalue weighted by atomic mass is 10.2. The van der Waals surface area contributed by atoms with Gasteiger partial charge in [0.1, 0.15) is 5.76 Å². The van der Waals surface area contributed by atoms with Crippen molar-refractivity contribution in [2.24, 2.45) is 0 Å². The molecule has 3 heteroatoms. The molecule has 0 bridgehead atoms. The number of hydrogen-bond donors (Lipinski definition) is 0. The van der Waals surface area contributed by atoms with Crippen molar-refractivity contribution in [1.29, 1.82) is 0 Å². The van der Waals surface area contributed by atoms with E-state index in [1.165, 1.54) is 11.3 Å². The van der Waals surface area contributed by atoms with Gasteiger partial charge in [-0.05, 0) is 23.6 Å². The third-order valence-corrected chi connectivity index (χ3v) is 2.70. The molecule has 0 saturated carbocycles. The van der Waals surface area contributed by atoms with E-state index in [2.05, 4.69) is 0 Å². The quantitative estimate of drug-likeness (QED) is 0.722. The van der Waals surface area contributed by atoms with Crippen LogP contribution in [0.2, 0.25) is 0 Å². The normalized spacial score (nSPS) is 10.4. The Hall–Kier alpha value is -1.35. The zero-order chi connectivity index (χ0) is 9.97. The van der Waals surface area contributed by atoms with E-state index in [-0.39, 0.29) is 5.78 Å². The second kappa shape index (κ2) is 3.80. The topological polar surface area (TPSA) is 30.2 Å². The first-order valence-electron chi connectivity index (χ1n) is 4.47. The second-order valence-corrected chi connectivity index (χ2v) is 3.74. The highest BCUT2D eigenvalue weighted by molar-refractivity contribution is 7.08. The van der Waals surface area contributed by atoms with Crippen LogP contribution in [0.1, 0.15) is 28.8 Å². The lowest BCUT2D eigenvalue weighted by molar-refractivity contribution is 0.101. The van der Waals surface area contributed by atoms with Gasteiger partial charge < -0.3 is 4.42 Å². The number of carbonyl (C=O) groups is 1. The fraction of sp³-hybridized carbons (Fsp3) is 0.182. The Morgan fingerprint density at radius 2 is 2.29 bits per heavy atom. The van der Waals surface area contributed by atoms with E-state index >= 15 is 0 Å². The van der Waals surface area contributed by atoms with Gasteiger partial charge in [-0.25, -0.2) is 0 Å². The molecule has 0 aliphatic rings. The van der Waals surface area contributed by atoms with Gasteiger partial charge in [-0.3, -0.25) is 4.79 Å². The van der Waals surface area contributed by atoms with Crippen LogP contribution in [0.4, 0.5) is 0 Å². The van der Waals surface area contributed by atoms with Crippen LogP contribution < -0.4 is 0 Å². The fourth-order valence-corrected chi connectivity index (χ4v) is 1.86. The zero-order valence-electron chi connectivity index (χ0n) is 7.82. The number of ketones is 1. The van der Waals surface area contributed by atoms with Crippen molar-refractivity contribution in [2.75, 3.05) is 0 Å². The molecule has 2 aromatic rings. The fourth-order valence-electron chi connectivity index (χ4n) is 1.23. The van der Waals surface area contributed by atoms with Gasteiger partial charge in [-0.15, -0.1) is 0 Å². The van der Waals surface area contributed by atoms with Crippen molar-refractivity contribution in [2.45, 2.75) is 13.3 Å². The summed E-state index contributed by atoms with van der Waals surface area (Å²) in [5.41, 5.74) is 0.701. The first-order chi connectivity index (χ1) is 6.81. The monoisotopic (exact) mass is 206 g/mol. The summed E-state index contributed by atoms with van der Waals surface area (Å²) in [6.45, 7) is 2.00. The largest absolute Gasteiger partial charge is 0.458 e. The molecule has 0 atom stereocenters. The van der Waals surface area contributed by atoms with E-state index in [4.69, 9.17) is 4.42 Å². The summed E-state index contributed by atoms with van der Waals surface area (Å²) in [4.78, 5) is 11.7. The average molecular weight is 206 g/mol. The van der Waals surface area contributed by atoms with Gasteiger partial charge in [0.15, 0.2) is 5.76 Å². The van der Waals surface area contributed by atoms with E-state index < -0.39 is 0 Å².